The molecule has 0 spiro atoms. The molecule has 5 nitrogen and oxygen atoms in total. The van der Waals surface area contributed by atoms with Gasteiger partial charge < -0.3 is 4.90 Å². The molecule has 3 aliphatic rings. The standard InChI is InChI=1S/C25H26Br2ClN3O2/c26-18-10-17-5-4-16-11-19(28)12-20(27)21(16)22(23(17)29-13-18)14-6-8-31(9-7-14)25(33)30-24(32)15-2-1-3-15/h10-15,22H,1-9H2,(H,30,32,33)/t22-/m1/s1. The van der Waals surface area contributed by atoms with Crippen LogP contribution in [0.25, 0.3) is 0 Å². The highest BCUT2D eigenvalue weighted by molar-refractivity contribution is 9.10. The lowest BCUT2D eigenvalue weighted by molar-refractivity contribution is -0.126. The number of pyridine rings is 1. The average molecular weight is 596 g/mol. The van der Waals surface area contributed by atoms with Crippen LogP contribution in [0.15, 0.2) is 33.3 Å². The molecule has 3 amide bonds. The Morgan fingerprint density at radius 1 is 1.03 bits per heavy atom. The van der Waals surface area contributed by atoms with Crippen LogP contribution in [-0.4, -0.2) is 34.9 Å². The van der Waals surface area contributed by atoms with Crippen molar-refractivity contribution in [2.75, 3.05) is 13.1 Å². The van der Waals surface area contributed by atoms with Crippen molar-refractivity contribution in [2.45, 2.75) is 50.9 Å². The Bertz CT molecular complexity index is 1100. The fraction of sp³-hybridized carbons (Fsp3) is 0.480. The Hall–Kier alpha value is -1.44. The minimum atomic E-state index is -0.248. The summed E-state index contributed by atoms with van der Waals surface area (Å²) >= 11 is 13.8. The first kappa shape index (κ1) is 23.3. The Morgan fingerprint density at radius 3 is 2.45 bits per heavy atom. The van der Waals surface area contributed by atoms with Crippen LogP contribution in [0.3, 0.4) is 0 Å². The maximum Gasteiger partial charge on any atom is 0.324 e. The minimum Gasteiger partial charge on any atom is -0.324 e. The number of aryl methyl sites for hydroxylation is 2. The van der Waals surface area contributed by atoms with Crippen molar-refractivity contribution in [3.8, 4) is 0 Å². The number of likely N-dealkylation sites (tertiary alicyclic amines) is 1. The van der Waals surface area contributed by atoms with Crippen molar-refractivity contribution in [1.29, 1.82) is 0 Å². The van der Waals surface area contributed by atoms with Crippen LogP contribution >= 0.6 is 43.5 Å². The summed E-state index contributed by atoms with van der Waals surface area (Å²) in [6.07, 6.45) is 8.31. The molecular formula is C25H26Br2ClN3O2. The quantitative estimate of drug-likeness (QED) is 0.447. The molecule has 1 aromatic carbocycles. The Balaban J connectivity index is 1.39. The summed E-state index contributed by atoms with van der Waals surface area (Å²) in [4.78, 5) is 31.6. The number of urea groups is 1. The molecule has 1 saturated carbocycles. The van der Waals surface area contributed by atoms with Gasteiger partial charge in [0, 0.05) is 45.1 Å². The monoisotopic (exact) mass is 593 g/mol. The van der Waals surface area contributed by atoms with Gasteiger partial charge in [0.15, 0.2) is 0 Å². The molecule has 0 radical (unpaired) electrons. The van der Waals surface area contributed by atoms with Crippen molar-refractivity contribution in [1.82, 2.24) is 15.2 Å². The minimum absolute atomic E-state index is 0.0139. The molecule has 1 atom stereocenters. The molecule has 1 saturated heterocycles. The van der Waals surface area contributed by atoms with E-state index in [0.29, 0.717) is 19.0 Å². The summed E-state index contributed by atoms with van der Waals surface area (Å²) in [7, 11) is 0. The largest absolute Gasteiger partial charge is 0.324 e. The van der Waals surface area contributed by atoms with Gasteiger partial charge in [0.2, 0.25) is 5.91 Å². The molecule has 2 fully saturated rings. The number of hydrogen-bond acceptors (Lipinski definition) is 3. The second-order valence-electron chi connectivity index (χ2n) is 9.38. The number of imide groups is 1. The Morgan fingerprint density at radius 2 is 1.76 bits per heavy atom. The van der Waals surface area contributed by atoms with Crippen LogP contribution in [0, 0.1) is 11.8 Å². The summed E-state index contributed by atoms with van der Waals surface area (Å²) in [5.74, 6) is 0.382. The summed E-state index contributed by atoms with van der Waals surface area (Å²) < 4.78 is 2.02. The van der Waals surface area contributed by atoms with Crippen molar-refractivity contribution >= 4 is 55.4 Å². The molecule has 33 heavy (non-hydrogen) atoms. The van der Waals surface area contributed by atoms with E-state index >= 15 is 0 Å². The predicted molar refractivity (Wildman–Crippen MR) is 136 cm³/mol. The molecule has 1 aliphatic heterocycles. The molecule has 0 bridgehead atoms. The number of aromatic nitrogens is 1. The number of hydrogen-bond donors (Lipinski definition) is 1. The lowest BCUT2D eigenvalue weighted by Crippen LogP contribution is -2.49. The third-order valence-corrected chi connectivity index (χ3v) is 8.73. The number of benzene rings is 1. The Kier molecular flexibility index (Phi) is 6.83. The fourth-order valence-electron chi connectivity index (χ4n) is 5.42. The van der Waals surface area contributed by atoms with E-state index in [-0.39, 0.29) is 23.8 Å². The number of halogens is 3. The highest BCUT2D eigenvalue weighted by atomic mass is 79.9. The smallest absolute Gasteiger partial charge is 0.324 e. The van der Waals surface area contributed by atoms with Gasteiger partial charge in [-0.05, 0) is 95.3 Å². The van der Waals surface area contributed by atoms with E-state index in [1.165, 1.54) is 16.7 Å². The van der Waals surface area contributed by atoms with E-state index in [0.717, 1.165) is 64.6 Å². The van der Waals surface area contributed by atoms with Crippen molar-refractivity contribution < 1.29 is 9.59 Å². The number of nitrogens with one attached hydrogen (secondary N) is 1. The number of nitrogens with zero attached hydrogens (tertiary/aromatic N) is 2. The van der Waals surface area contributed by atoms with Crippen LogP contribution in [0.5, 0.6) is 0 Å². The van der Waals surface area contributed by atoms with Gasteiger partial charge in [0.1, 0.15) is 0 Å². The first-order chi connectivity index (χ1) is 15.9. The summed E-state index contributed by atoms with van der Waals surface area (Å²) in [5.41, 5.74) is 4.93. The zero-order chi connectivity index (χ0) is 23.1. The molecule has 5 rings (SSSR count). The highest BCUT2D eigenvalue weighted by Gasteiger charge is 2.37. The lowest BCUT2D eigenvalue weighted by atomic mass is 9.76. The first-order valence-electron chi connectivity index (χ1n) is 11.6. The highest BCUT2D eigenvalue weighted by Crippen LogP contribution is 2.46. The zero-order valence-corrected chi connectivity index (χ0v) is 22.2. The van der Waals surface area contributed by atoms with Gasteiger partial charge in [0.25, 0.3) is 0 Å². The van der Waals surface area contributed by atoms with Crippen LogP contribution < -0.4 is 5.32 Å². The lowest BCUT2D eigenvalue weighted by Gasteiger charge is -2.37. The number of fused-ring (bicyclic) bond motifs is 2. The number of rotatable bonds is 2. The van der Waals surface area contributed by atoms with E-state index in [4.69, 9.17) is 16.6 Å². The fourth-order valence-corrected chi connectivity index (χ4v) is 6.92. The summed E-state index contributed by atoms with van der Waals surface area (Å²) in [6, 6.07) is 6.00. The van der Waals surface area contributed by atoms with E-state index in [1.807, 2.05) is 12.3 Å². The zero-order valence-electron chi connectivity index (χ0n) is 18.3. The van der Waals surface area contributed by atoms with E-state index < -0.39 is 0 Å². The average Bonchev–Trinajstić information content (AvgIpc) is 2.89. The second kappa shape index (κ2) is 9.67. The topological polar surface area (TPSA) is 62.3 Å². The predicted octanol–water partition coefficient (Wildman–Crippen LogP) is 6.24. The number of carbonyl (C=O) groups excluding carboxylic acids is 2. The van der Waals surface area contributed by atoms with Gasteiger partial charge >= 0.3 is 6.03 Å². The van der Waals surface area contributed by atoms with Crippen LogP contribution in [0.1, 0.15) is 60.4 Å². The normalized spacial score (nSPS) is 20.9. The molecule has 2 aromatic rings. The molecule has 0 unspecified atom stereocenters. The molecule has 174 valence electrons. The molecule has 2 aliphatic carbocycles. The van der Waals surface area contributed by atoms with E-state index in [2.05, 4.69) is 49.3 Å². The third-order valence-electron chi connectivity index (χ3n) is 7.42. The maximum atomic E-state index is 12.7. The summed E-state index contributed by atoms with van der Waals surface area (Å²) in [5, 5.41) is 3.36. The van der Waals surface area contributed by atoms with Crippen molar-refractivity contribution in [3.63, 3.8) is 0 Å². The molecule has 8 heteroatoms. The van der Waals surface area contributed by atoms with Gasteiger partial charge in [0.05, 0.1) is 5.69 Å². The number of piperidine rings is 1. The first-order valence-corrected chi connectivity index (χ1v) is 13.6. The van der Waals surface area contributed by atoms with Gasteiger partial charge in [-0.25, -0.2) is 4.79 Å². The number of amides is 3. The van der Waals surface area contributed by atoms with E-state index in [9.17, 15) is 9.59 Å². The number of carbonyl (C=O) groups is 2. The van der Waals surface area contributed by atoms with Crippen molar-refractivity contribution in [2.24, 2.45) is 11.8 Å². The SMILES string of the molecule is O=C(NC(=O)N1CCC([C@H]2c3ncc(Br)cc3CCc3cc(Cl)cc(Br)c32)CC1)C1CCC1. The molecule has 1 aromatic heterocycles. The molecule has 1 N–H and O–H groups in total. The maximum absolute atomic E-state index is 12.7. The second-order valence-corrected chi connectivity index (χ2v) is 11.6. The van der Waals surface area contributed by atoms with Gasteiger partial charge in [-0.1, -0.05) is 34.0 Å². The third kappa shape index (κ3) is 4.73. The van der Waals surface area contributed by atoms with Gasteiger partial charge in [-0.3, -0.25) is 15.1 Å². The van der Waals surface area contributed by atoms with Crippen molar-refractivity contribution in [3.05, 3.63) is 60.7 Å². The molecule has 2 heterocycles. The van der Waals surface area contributed by atoms with Gasteiger partial charge in [-0.2, -0.15) is 0 Å². The molecular weight excluding hydrogens is 570 g/mol. The Labute approximate surface area is 215 Å². The summed E-state index contributed by atoms with van der Waals surface area (Å²) in [6.45, 7) is 1.27. The van der Waals surface area contributed by atoms with Crippen LogP contribution in [-0.2, 0) is 17.6 Å². The van der Waals surface area contributed by atoms with Crippen LogP contribution in [0.2, 0.25) is 5.02 Å². The van der Waals surface area contributed by atoms with Gasteiger partial charge in [-0.15, -0.1) is 0 Å². The van der Waals surface area contributed by atoms with Crippen LogP contribution in [0.4, 0.5) is 4.79 Å². The van der Waals surface area contributed by atoms with E-state index in [1.54, 1.807) is 4.90 Å².